The summed E-state index contributed by atoms with van der Waals surface area (Å²) >= 11 is 1.42. The summed E-state index contributed by atoms with van der Waals surface area (Å²) in [5, 5.41) is 3.29. The maximum absolute atomic E-state index is 12.3. The van der Waals surface area contributed by atoms with Crippen molar-refractivity contribution in [2.24, 2.45) is 0 Å². The van der Waals surface area contributed by atoms with Gasteiger partial charge in [-0.2, -0.15) is 0 Å². The number of amides is 1. The second-order valence-corrected chi connectivity index (χ2v) is 8.02. The van der Waals surface area contributed by atoms with E-state index in [9.17, 15) is 14.4 Å². The van der Waals surface area contributed by atoms with Gasteiger partial charge in [-0.25, -0.2) is 4.79 Å². The Hall–Kier alpha value is -2.67. The topological polar surface area (TPSA) is 81.7 Å². The summed E-state index contributed by atoms with van der Waals surface area (Å²) in [7, 11) is 1.33. The number of nitrogens with one attached hydrogen (secondary N) is 1. The largest absolute Gasteiger partial charge is 0.466 e. The minimum atomic E-state index is -0.433. The monoisotopic (exact) mass is 415 g/mol. The molecule has 1 aliphatic rings. The lowest BCUT2D eigenvalue weighted by Gasteiger charge is -2.07. The number of hydrogen-bond donors (Lipinski definition) is 1. The quantitative estimate of drug-likeness (QED) is 0.496. The predicted octanol–water partition coefficient (Wildman–Crippen LogP) is 3.92. The third-order valence-corrected chi connectivity index (χ3v) is 6.04. The van der Waals surface area contributed by atoms with Crippen LogP contribution in [0.2, 0.25) is 0 Å². The van der Waals surface area contributed by atoms with Crippen molar-refractivity contribution in [2.45, 2.75) is 44.9 Å². The van der Waals surface area contributed by atoms with Crippen molar-refractivity contribution in [2.75, 3.05) is 19.0 Å². The number of anilines is 1. The van der Waals surface area contributed by atoms with E-state index in [1.807, 2.05) is 30.3 Å². The van der Waals surface area contributed by atoms with Gasteiger partial charge in [0.2, 0.25) is 5.91 Å². The van der Waals surface area contributed by atoms with Crippen LogP contribution < -0.4 is 5.32 Å². The molecule has 0 saturated carbocycles. The fourth-order valence-electron chi connectivity index (χ4n) is 3.39. The predicted molar refractivity (Wildman–Crippen MR) is 111 cm³/mol. The average molecular weight is 416 g/mol. The van der Waals surface area contributed by atoms with Crippen LogP contribution in [0.25, 0.3) is 0 Å². The molecule has 1 N–H and O–H groups in total. The molecular formula is C22H25NO5S. The lowest BCUT2D eigenvalue weighted by Crippen LogP contribution is -2.16. The second kappa shape index (κ2) is 10.2. The van der Waals surface area contributed by atoms with Gasteiger partial charge < -0.3 is 14.8 Å². The van der Waals surface area contributed by atoms with Crippen molar-refractivity contribution in [1.82, 2.24) is 0 Å². The molecule has 1 aromatic carbocycles. The first-order valence-corrected chi connectivity index (χ1v) is 10.6. The normalized spacial score (nSPS) is 12.3. The highest BCUT2D eigenvalue weighted by Gasteiger charge is 2.28. The van der Waals surface area contributed by atoms with Crippen molar-refractivity contribution in [3.63, 3.8) is 0 Å². The molecule has 0 aliphatic heterocycles. The Balaban J connectivity index is 1.42. The third-order valence-electron chi connectivity index (χ3n) is 4.84. The van der Waals surface area contributed by atoms with Gasteiger partial charge in [0.1, 0.15) is 5.00 Å². The molecule has 7 heteroatoms. The molecule has 0 radical (unpaired) electrons. The summed E-state index contributed by atoms with van der Waals surface area (Å²) in [5.74, 6) is -1.14. The zero-order chi connectivity index (χ0) is 20.6. The van der Waals surface area contributed by atoms with E-state index in [-0.39, 0.29) is 18.7 Å². The zero-order valence-corrected chi connectivity index (χ0v) is 17.3. The van der Waals surface area contributed by atoms with Crippen LogP contribution >= 0.6 is 11.3 Å². The summed E-state index contributed by atoms with van der Waals surface area (Å²) in [4.78, 5) is 37.4. The minimum Gasteiger partial charge on any atom is -0.466 e. The van der Waals surface area contributed by atoms with E-state index < -0.39 is 11.9 Å². The first kappa shape index (κ1) is 21.0. The number of methoxy groups -OCH3 is 1. The van der Waals surface area contributed by atoms with E-state index in [0.717, 1.165) is 42.5 Å². The number of carbonyl (C=O) groups excluding carboxylic acids is 3. The van der Waals surface area contributed by atoms with E-state index in [1.165, 1.54) is 24.0 Å². The van der Waals surface area contributed by atoms with E-state index >= 15 is 0 Å². The summed E-state index contributed by atoms with van der Waals surface area (Å²) < 4.78 is 10.1. The maximum atomic E-state index is 12.3. The highest BCUT2D eigenvalue weighted by Crippen LogP contribution is 2.39. The van der Waals surface area contributed by atoms with Crippen LogP contribution in [0.5, 0.6) is 0 Å². The van der Waals surface area contributed by atoms with Crippen LogP contribution in [0.4, 0.5) is 5.00 Å². The Morgan fingerprint density at radius 2 is 1.90 bits per heavy atom. The second-order valence-electron chi connectivity index (χ2n) is 6.91. The number of benzene rings is 1. The van der Waals surface area contributed by atoms with Gasteiger partial charge in [0.05, 0.1) is 25.7 Å². The van der Waals surface area contributed by atoms with Gasteiger partial charge in [-0.15, -0.1) is 11.3 Å². The summed E-state index contributed by atoms with van der Waals surface area (Å²) in [6.45, 7) is 0.333. The molecule has 1 aliphatic carbocycles. The number of esters is 2. The number of hydrogen-bond acceptors (Lipinski definition) is 6. The first-order valence-electron chi connectivity index (χ1n) is 9.80. The van der Waals surface area contributed by atoms with Crippen molar-refractivity contribution < 1.29 is 23.9 Å². The number of carbonyl (C=O) groups is 3. The Morgan fingerprint density at radius 3 is 2.66 bits per heavy atom. The molecule has 3 rings (SSSR count). The molecule has 29 heavy (non-hydrogen) atoms. The van der Waals surface area contributed by atoms with Gasteiger partial charge >= 0.3 is 11.9 Å². The molecule has 6 nitrogen and oxygen atoms in total. The number of aryl methyl sites for hydroxylation is 2. The molecule has 0 unspecified atom stereocenters. The number of ether oxygens (including phenoxy) is 2. The van der Waals surface area contributed by atoms with E-state index in [0.29, 0.717) is 17.2 Å². The fourth-order valence-corrected chi connectivity index (χ4v) is 4.69. The molecular weight excluding hydrogens is 390 g/mol. The molecule has 154 valence electrons. The van der Waals surface area contributed by atoms with Crippen LogP contribution in [-0.2, 0) is 38.3 Å². The summed E-state index contributed by atoms with van der Waals surface area (Å²) in [6.07, 6.45) is 4.35. The Morgan fingerprint density at radius 1 is 1.10 bits per heavy atom. The van der Waals surface area contributed by atoms with Crippen LogP contribution in [0.3, 0.4) is 0 Å². The van der Waals surface area contributed by atoms with Gasteiger partial charge in [0.25, 0.3) is 0 Å². The molecule has 2 aromatic rings. The molecule has 1 amide bonds. The van der Waals surface area contributed by atoms with Crippen molar-refractivity contribution >= 4 is 34.2 Å². The van der Waals surface area contributed by atoms with Gasteiger partial charge in [-0.1, -0.05) is 30.3 Å². The standard InChI is InChI=1S/C22H25NO5S/c1-27-22(26)20-16-10-5-11-17(16)29-21(20)23-18(24)12-13-19(25)28-14-6-9-15-7-3-2-4-8-15/h2-4,7-8H,5-6,9-14H2,1H3,(H,23,24). The maximum Gasteiger partial charge on any atom is 0.341 e. The number of thiophene rings is 1. The summed E-state index contributed by atoms with van der Waals surface area (Å²) in [6, 6.07) is 10.00. The van der Waals surface area contributed by atoms with Crippen molar-refractivity contribution in [1.29, 1.82) is 0 Å². The molecule has 0 atom stereocenters. The van der Waals surface area contributed by atoms with E-state index in [4.69, 9.17) is 9.47 Å². The highest BCUT2D eigenvalue weighted by molar-refractivity contribution is 7.17. The average Bonchev–Trinajstić information content (AvgIpc) is 3.30. The van der Waals surface area contributed by atoms with Gasteiger partial charge in [-0.3, -0.25) is 9.59 Å². The Bertz CT molecular complexity index is 875. The van der Waals surface area contributed by atoms with Crippen LogP contribution in [0.15, 0.2) is 30.3 Å². The van der Waals surface area contributed by atoms with Gasteiger partial charge in [0.15, 0.2) is 0 Å². The molecule has 0 saturated heterocycles. The number of fused-ring (bicyclic) bond motifs is 1. The highest BCUT2D eigenvalue weighted by atomic mass is 32.1. The Labute approximate surface area is 174 Å². The third kappa shape index (κ3) is 5.67. The molecule has 1 aromatic heterocycles. The SMILES string of the molecule is COC(=O)c1c(NC(=O)CCC(=O)OCCCc2ccccc2)sc2c1CCC2. The lowest BCUT2D eigenvalue weighted by atomic mass is 10.1. The molecule has 1 heterocycles. The molecule has 0 bridgehead atoms. The van der Waals surface area contributed by atoms with Crippen LogP contribution in [0.1, 0.15) is 52.0 Å². The Kier molecular flexibility index (Phi) is 7.41. The van der Waals surface area contributed by atoms with Crippen LogP contribution in [-0.4, -0.2) is 31.6 Å². The first-order chi connectivity index (χ1) is 14.1. The fraction of sp³-hybridized carbons (Fsp3) is 0.409. The van der Waals surface area contributed by atoms with Crippen molar-refractivity contribution in [3.05, 3.63) is 51.9 Å². The van der Waals surface area contributed by atoms with E-state index in [1.54, 1.807) is 0 Å². The lowest BCUT2D eigenvalue weighted by molar-refractivity contribution is -0.144. The van der Waals surface area contributed by atoms with Crippen LogP contribution in [0, 0.1) is 0 Å². The number of rotatable bonds is 9. The molecule has 0 spiro atoms. The zero-order valence-electron chi connectivity index (χ0n) is 16.5. The smallest absolute Gasteiger partial charge is 0.341 e. The molecule has 0 fully saturated rings. The van der Waals surface area contributed by atoms with Gasteiger partial charge in [-0.05, 0) is 43.2 Å². The minimum absolute atomic E-state index is 0.00974. The van der Waals surface area contributed by atoms with Crippen molar-refractivity contribution in [3.8, 4) is 0 Å². The summed E-state index contributed by atoms with van der Waals surface area (Å²) in [5.41, 5.74) is 2.64. The van der Waals surface area contributed by atoms with E-state index in [2.05, 4.69) is 5.32 Å². The van der Waals surface area contributed by atoms with Gasteiger partial charge in [0, 0.05) is 11.3 Å².